The van der Waals surface area contributed by atoms with Crippen LogP contribution in [0.2, 0.25) is 0 Å². The maximum absolute atomic E-state index is 9.17. The lowest BCUT2D eigenvalue weighted by atomic mass is 9.95. The van der Waals surface area contributed by atoms with Crippen molar-refractivity contribution in [1.29, 1.82) is 5.26 Å². The quantitative estimate of drug-likeness (QED) is 0.723. The maximum Gasteiger partial charge on any atom is 0.119 e. The van der Waals surface area contributed by atoms with E-state index < -0.39 is 5.54 Å². The topological polar surface area (TPSA) is 53.0 Å². The SMILES string of the molecule is CCN(CC(C)C)CC(N)(C#N)C1CC1. The maximum atomic E-state index is 9.17. The first kappa shape index (κ1) is 12.5. The van der Waals surface area contributed by atoms with E-state index in [4.69, 9.17) is 5.73 Å². The van der Waals surface area contributed by atoms with E-state index in [1.165, 1.54) is 0 Å². The average Bonchev–Trinajstić information content (AvgIpc) is 2.99. The van der Waals surface area contributed by atoms with Gasteiger partial charge >= 0.3 is 0 Å². The van der Waals surface area contributed by atoms with Crippen molar-refractivity contribution in [3.63, 3.8) is 0 Å². The van der Waals surface area contributed by atoms with Gasteiger partial charge in [0.25, 0.3) is 0 Å². The molecule has 1 atom stereocenters. The summed E-state index contributed by atoms with van der Waals surface area (Å²) in [5, 5.41) is 9.17. The zero-order chi connectivity index (χ0) is 11.5. The minimum Gasteiger partial charge on any atom is -0.312 e. The van der Waals surface area contributed by atoms with Crippen LogP contribution in [0.5, 0.6) is 0 Å². The van der Waals surface area contributed by atoms with Crippen LogP contribution in [-0.4, -0.2) is 30.1 Å². The van der Waals surface area contributed by atoms with Crippen molar-refractivity contribution in [2.75, 3.05) is 19.6 Å². The molecule has 0 saturated heterocycles. The molecule has 1 aliphatic carbocycles. The van der Waals surface area contributed by atoms with Crippen LogP contribution in [-0.2, 0) is 0 Å². The predicted molar refractivity (Wildman–Crippen MR) is 62.2 cm³/mol. The molecule has 1 unspecified atom stereocenters. The van der Waals surface area contributed by atoms with E-state index in [1.807, 2.05) is 0 Å². The highest BCUT2D eigenvalue weighted by molar-refractivity contribution is 5.14. The molecular weight excluding hydrogens is 186 g/mol. The van der Waals surface area contributed by atoms with Gasteiger partial charge in [-0.15, -0.1) is 0 Å². The smallest absolute Gasteiger partial charge is 0.119 e. The number of nitrogens with zero attached hydrogens (tertiary/aromatic N) is 2. The number of hydrogen-bond donors (Lipinski definition) is 1. The molecule has 0 spiro atoms. The Morgan fingerprint density at radius 2 is 2.13 bits per heavy atom. The monoisotopic (exact) mass is 209 g/mol. The third-order valence-electron chi connectivity index (χ3n) is 3.07. The van der Waals surface area contributed by atoms with Crippen molar-refractivity contribution >= 4 is 0 Å². The highest BCUT2D eigenvalue weighted by Gasteiger charge is 2.43. The molecule has 1 aliphatic rings. The lowest BCUT2D eigenvalue weighted by Crippen LogP contribution is -2.51. The van der Waals surface area contributed by atoms with Crippen LogP contribution >= 0.6 is 0 Å². The molecule has 3 heteroatoms. The second kappa shape index (κ2) is 4.96. The molecule has 1 fully saturated rings. The van der Waals surface area contributed by atoms with Crippen LogP contribution in [0.15, 0.2) is 0 Å². The minimum absolute atomic E-state index is 0.434. The van der Waals surface area contributed by atoms with Crippen molar-refractivity contribution in [1.82, 2.24) is 4.90 Å². The van der Waals surface area contributed by atoms with Gasteiger partial charge in [-0.1, -0.05) is 20.8 Å². The number of hydrogen-bond acceptors (Lipinski definition) is 3. The summed E-state index contributed by atoms with van der Waals surface area (Å²) in [4.78, 5) is 2.30. The second-order valence-corrected chi connectivity index (χ2v) is 5.15. The Labute approximate surface area is 93.2 Å². The van der Waals surface area contributed by atoms with E-state index in [0.29, 0.717) is 11.8 Å². The summed E-state index contributed by atoms with van der Waals surface area (Å²) in [6.45, 7) is 9.26. The first-order valence-corrected chi connectivity index (χ1v) is 5.94. The van der Waals surface area contributed by atoms with E-state index >= 15 is 0 Å². The number of nitriles is 1. The van der Waals surface area contributed by atoms with Gasteiger partial charge in [-0.05, 0) is 31.2 Å². The van der Waals surface area contributed by atoms with E-state index in [-0.39, 0.29) is 0 Å². The fourth-order valence-corrected chi connectivity index (χ4v) is 2.05. The Morgan fingerprint density at radius 3 is 2.47 bits per heavy atom. The van der Waals surface area contributed by atoms with Gasteiger partial charge in [-0.25, -0.2) is 0 Å². The molecule has 0 bridgehead atoms. The van der Waals surface area contributed by atoms with Gasteiger partial charge in [-0.3, -0.25) is 0 Å². The van der Waals surface area contributed by atoms with Gasteiger partial charge in [0, 0.05) is 13.1 Å². The predicted octanol–water partition coefficient (Wildman–Crippen LogP) is 1.60. The molecule has 2 N–H and O–H groups in total. The Hall–Kier alpha value is -0.590. The second-order valence-electron chi connectivity index (χ2n) is 5.15. The molecule has 3 nitrogen and oxygen atoms in total. The summed E-state index contributed by atoms with van der Waals surface area (Å²) >= 11 is 0. The molecule has 0 aromatic heterocycles. The zero-order valence-electron chi connectivity index (χ0n) is 10.2. The Morgan fingerprint density at radius 1 is 1.53 bits per heavy atom. The van der Waals surface area contributed by atoms with Gasteiger partial charge in [0.15, 0.2) is 0 Å². The number of nitrogens with two attached hydrogens (primary N) is 1. The summed E-state index contributed by atoms with van der Waals surface area (Å²) < 4.78 is 0. The molecule has 1 saturated carbocycles. The van der Waals surface area contributed by atoms with Crippen LogP contribution in [0.3, 0.4) is 0 Å². The summed E-state index contributed by atoms with van der Waals surface area (Å²) in [5.74, 6) is 1.07. The van der Waals surface area contributed by atoms with Crippen molar-refractivity contribution < 1.29 is 0 Å². The molecule has 1 rings (SSSR count). The summed E-state index contributed by atoms with van der Waals surface area (Å²) in [6.07, 6.45) is 2.26. The summed E-state index contributed by atoms with van der Waals surface area (Å²) in [5.41, 5.74) is 5.55. The third-order valence-corrected chi connectivity index (χ3v) is 3.07. The summed E-state index contributed by atoms with van der Waals surface area (Å²) in [6, 6.07) is 2.31. The Bertz CT molecular complexity index is 240. The van der Waals surface area contributed by atoms with Crippen molar-refractivity contribution in [3.05, 3.63) is 0 Å². The van der Waals surface area contributed by atoms with Gasteiger partial charge in [0.2, 0.25) is 0 Å². The molecule has 15 heavy (non-hydrogen) atoms. The van der Waals surface area contributed by atoms with Crippen LogP contribution in [0.4, 0.5) is 0 Å². The molecular formula is C12H23N3. The first-order valence-electron chi connectivity index (χ1n) is 5.94. The molecule has 0 aliphatic heterocycles. The van der Waals surface area contributed by atoms with E-state index in [0.717, 1.165) is 32.5 Å². The molecule has 86 valence electrons. The highest BCUT2D eigenvalue weighted by Crippen LogP contribution is 2.38. The minimum atomic E-state index is -0.606. The van der Waals surface area contributed by atoms with Gasteiger partial charge < -0.3 is 10.6 Å². The van der Waals surface area contributed by atoms with Crippen LogP contribution in [0, 0.1) is 23.2 Å². The fourth-order valence-electron chi connectivity index (χ4n) is 2.05. The molecule has 0 radical (unpaired) electrons. The van der Waals surface area contributed by atoms with Gasteiger partial charge in [0.1, 0.15) is 5.54 Å². The lowest BCUT2D eigenvalue weighted by molar-refractivity contribution is 0.209. The molecule has 0 heterocycles. The van der Waals surface area contributed by atoms with Crippen LogP contribution in [0.1, 0.15) is 33.6 Å². The average molecular weight is 209 g/mol. The van der Waals surface area contributed by atoms with Crippen molar-refractivity contribution in [2.45, 2.75) is 39.2 Å². The number of rotatable bonds is 6. The summed E-state index contributed by atoms with van der Waals surface area (Å²) in [7, 11) is 0. The molecule has 0 amide bonds. The van der Waals surface area contributed by atoms with Gasteiger partial charge in [0.05, 0.1) is 6.07 Å². The van der Waals surface area contributed by atoms with E-state index in [9.17, 15) is 5.26 Å². The molecule has 0 aromatic rings. The first-order chi connectivity index (χ1) is 7.01. The Balaban J connectivity index is 2.52. The number of likely N-dealkylation sites (N-methyl/N-ethyl adjacent to an activating group) is 1. The lowest BCUT2D eigenvalue weighted by Gasteiger charge is -2.30. The normalized spacial score (nSPS) is 20.3. The third kappa shape index (κ3) is 3.48. The van der Waals surface area contributed by atoms with Gasteiger partial charge in [-0.2, -0.15) is 5.26 Å². The standard InChI is InChI=1S/C12H23N3/c1-4-15(7-10(2)3)9-12(14,8-13)11-5-6-11/h10-11H,4-7,9,14H2,1-3H3. The Kier molecular flexibility index (Phi) is 4.12. The van der Waals surface area contributed by atoms with Crippen LogP contribution < -0.4 is 5.73 Å². The zero-order valence-corrected chi connectivity index (χ0v) is 10.2. The molecule has 0 aromatic carbocycles. The van der Waals surface area contributed by atoms with E-state index in [1.54, 1.807) is 0 Å². The van der Waals surface area contributed by atoms with Crippen molar-refractivity contribution in [2.24, 2.45) is 17.6 Å². The largest absolute Gasteiger partial charge is 0.312 e. The van der Waals surface area contributed by atoms with E-state index in [2.05, 4.69) is 31.7 Å². The fraction of sp³-hybridized carbons (Fsp3) is 0.917. The highest BCUT2D eigenvalue weighted by atomic mass is 15.1. The van der Waals surface area contributed by atoms with Crippen LogP contribution in [0.25, 0.3) is 0 Å². The van der Waals surface area contributed by atoms with Crippen molar-refractivity contribution in [3.8, 4) is 6.07 Å².